The fraction of sp³-hybridized carbons (Fsp3) is 0.200. The lowest BCUT2D eigenvalue weighted by atomic mass is 10.1. The van der Waals surface area contributed by atoms with Crippen molar-refractivity contribution in [3.63, 3.8) is 0 Å². The Morgan fingerprint density at radius 2 is 1.78 bits per heavy atom. The summed E-state index contributed by atoms with van der Waals surface area (Å²) in [4.78, 5) is 0. The Hall–Kier alpha value is -1.32. The van der Waals surface area contributed by atoms with Gasteiger partial charge < -0.3 is 9.84 Å². The molecule has 0 fully saturated rings. The molecule has 0 bridgehead atoms. The van der Waals surface area contributed by atoms with E-state index in [0.717, 1.165) is 26.9 Å². The zero-order valence-corrected chi connectivity index (χ0v) is 12.0. The highest BCUT2D eigenvalue weighted by Gasteiger charge is 2.09. The SMILES string of the molecule is Cc1cccc(C)c1Oc1cc(Br)ccc1CO. The molecule has 0 aliphatic carbocycles. The summed E-state index contributed by atoms with van der Waals surface area (Å²) in [5.41, 5.74) is 2.94. The maximum absolute atomic E-state index is 9.33. The second-order valence-corrected chi connectivity index (χ2v) is 5.15. The van der Waals surface area contributed by atoms with Crippen molar-refractivity contribution >= 4 is 15.9 Å². The van der Waals surface area contributed by atoms with E-state index in [1.165, 1.54) is 0 Å². The maximum Gasteiger partial charge on any atom is 0.134 e. The Morgan fingerprint density at radius 3 is 2.39 bits per heavy atom. The molecule has 2 rings (SSSR count). The molecule has 0 amide bonds. The van der Waals surface area contributed by atoms with Crippen LogP contribution in [0.4, 0.5) is 0 Å². The van der Waals surface area contributed by atoms with Gasteiger partial charge in [-0.15, -0.1) is 0 Å². The van der Waals surface area contributed by atoms with Gasteiger partial charge in [-0.2, -0.15) is 0 Å². The van der Waals surface area contributed by atoms with E-state index in [1.54, 1.807) is 0 Å². The van der Waals surface area contributed by atoms with Gasteiger partial charge in [0.05, 0.1) is 6.61 Å². The third-order valence-electron chi connectivity index (χ3n) is 2.82. The summed E-state index contributed by atoms with van der Waals surface area (Å²) in [5, 5.41) is 9.33. The van der Waals surface area contributed by atoms with Crippen molar-refractivity contribution in [2.24, 2.45) is 0 Å². The topological polar surface area (TPSA) is 29.5 Å². The van der Waals surface area contributed by atoms with Crippen LogP contribution in [0.3, 0.4) is 0 Å². The highest BCUT2D eigenvalue weighted by Crippen LogP contribution is 2.32. The van der Waals surface area contributed by atoms with Gasteiger partial charge in [0, 0.05) is 10.0 Å². The third-order valence-corrected chi connectivity index (χ3v) is 3.31. The molecule has 3 heteroatoms. The molecule has 0 aliphatic rings. The number of hydrogen-bond donors (Lipinski definition) is 1. The lowest BCUT2D eigenvalue weighted by molar-refractivity contribution is 0.276. The molecule has 2 nitrogen and oxygen atoms in total. The highest BCUT2D eigenvalue weighted by molar-refractivity contribution is 9.10. The molecule has 0 atom stereocenters. The van der Waals surface area contributed by atoms with E-state index in [4.69, 9.17) is 4.74 Å². The Kier molecular flexibility index (Phi) is 4.04. The van der Waals surface area contributed by atoms with Gasteiger partial charge >= 0.3 is 0 Å². The van der Waals surface area contributed by atoms with Crippen LogP contribution < -0.4 is 4.74 Å². The second-order valence-electron chi connectivity index (χ2n) is 4.23. The van der Waals surface area contributed by atoms with Crippen molar-refractivity contribution in [1.82, 2.24) is 0 Å². The van der Waals surface area contributed by atoms with Gasteiger partial charge in [0.1, 0.15) is 11.5 Å². The van der Waals surface area contributed by atoms with Crippen molar-refractivity contribution in [2.45, 2.75) is 20.5 Å². The molecule has 0 unspecified atom stereocenters. The summed E-state index contributed by atoms with van der Waals surface area (Å²) in [5.74, 6) is 1.54. The van der Waals surface area contributed by atoms with Crippen LogP contribution in [0.2, 0.25) is 0 Å². The fourth-order valence-corrected chi connectivity index (χ4v) is 2.16. The van der Waals surface area contributed by atoms with Gasteiger partial charge in [-0.1, -0.05) is 40.2 Å². The van der Waals surface area contributed by atoms with Crippen molar-refractivity contribution in [3.05, 3.63) is 57.6 Å². The smallest absolute Gasteiger partial charge is 0.134 e. The lowest BCUT2D eigenvalue weighted by Gasteiger charge is -2.14. The first-order valence-electron chi connectivity index (χ1n) is 5.75. The highest BCUT2D eigenvalue weighted by atomic mass is 79.9. The van der Waals surface area contributed by atoms with E-state index in [1.807, 2.05) is 50.2 Å². The van der Waals surface area contributed by atoms with Gasteiger partial charge in [0.25, 0.3) is 0 Å². The molecule has 0 heterocycles. The number of ether oxygens (including phenoxy) is 1. The minimum Gasteiger partial charge on any atom is -0.456 e. The summed E-state index contributed by atoms with van der Waals surface area (Å²) in [6.07, 6.45) is 0. The van der Waals surface area contributed by atoms with E-state index in [-0.39, 0.29) is 6.61 Å². The van der Waals surface area contributed by atoms with Crippen molar-refractivity contribution in [1.29, 1.82) is 0 Å². The molecule has 0 radical (unpaired) electrons. The normalized spacial score (nSPS) is 10.4. The van der Waals surface area contributed by atoms with Gasteiger partial charge in [0.15, 0.2) is 0 Å². The van der Waals surface area contributed by atoms with Crippen LogP contribution >= 0.6 is 15.9 Å². The van der Waals surface area contributed by atoms with Crippen LogP contribution in [0.1, 0.15) is 16.7 Å². The third kappa shape index (κ3) is 2.74. The molecule has 0 saturated carbocycles. The summed E-state index contributed by atoms with van der Waals surface area (Å²) in [6, 6.07) is 11.6. The van der Waals surface area contributed by atoms with Crippen LogP contribution in [-0.4, -0.2) is 5.11 Å². The molecule has 2 aromatic rings. The first kappa shape index (κ1) is 13.1. The Bertz CT molecular complexity index is 544. The van der Waals surface area contributed by atoms with E-state index in [9.17, 15) is 5.11 Å². The number of aryl methyl sites for hydroxylation is 2. The fourth-order valence-electron chi connectivity index (χ4n) is 1.82. The standard InChI is InChI=1S/C15H15BrO2/c1-10-4-3-5-11(2)15(10)18-14-8-13(16)7-6-12(14)9-17/h3-8,17H,9H2,1-2H3. The number of aliphatic hydroxyl groups is 1. The summed E-state index contributed by atoms with van der Waals surface area (Å²) >= 11 is 3.41. The van der Waals surface area contributed by atoms with Gasteiger partial charge in [-0.05, 0) is 37.1 Å². The molecular formula is C15H15BrO2. The Labute approximate surface area is 115 Å². The molecule has 1 N–H and O–H groups in total. The average Bonchev–Trinajstić information content (AvgIpc) is 2.34. The summed E-state index contributed by atoms with van der Waals surface area (Å²) in [6.45, 7) is 3.99. The molecule has 0 spiro atoms. The minimum atomic E-state index is -0.0342. The molecule has 94 valence electrons. The maximum atomic E-state index is 9.33. The van der Waals surface area contributed by atoms with Crippen LogP contribution in [0.15, 0.2) is 40.9 Å². The number of aliphatic hydroxyl groups excluding tert-OH is 1. The van der Waals surface area contributed by atoms with Crippen molar-refractivity contribution in [3.8, 4) is 11.5 Å². The summed E-state index contributed by atoms with van der Waals surface area (Å²) in [7, 11) is 0. The predicted molar refractivity (Wildman–Crippen MR) is 76.1 cm³/mol. The lowest BCUT2D eigenvalue weighted by Crippen LogP contribution is -1.95. The van der Waals surface area contributed by atoms with Crippen molar-refractivity contribution in [2.75, 3.05) is 0 Å². The van der Waals surface area contributed by atoms with Crippen LogP contribution in [0.25, 0.3) is 0 Å². The Morgan fingerprint density at radius 1 is 1.11 bits per heavy atom. The quantitative estimate of drug-likeness (QED) is 0.913. The molecule has 18 heavy (non-hydrogen) atoms. The van der Waals surface area contributed by atoms with Crippen LogP contribution in [0.5, 0.6) is 11.5 Å². The minimum absolute atomic E-state index is 0.0342. The average molecular weight is 307 g/mol. The number of hydrogen-bond acceptors (Lipinski definition) is 2. The van der Waals surface area contributed by atoms with E-state index >= 15 is 0 Å². The molecule has 0 aliphatic heterocycles. The zero-order chi connectivity index (χ0) is 13.1. The monoisotopic (exact) mass is 306 g/mol. The number of rotatable bonds is 3. The second kappa shape index (κ2) is 5.55. The van der Waals surface area contributed by atoms with E-state index in [0.29, 0.717) is 5.75 Å². The van der Waals surface area contributed by atoms with Gasteiger partial charge in [-0.3, -0.25) is 0 Å². The van der Waals surface area contributed by atoms with Crippen LogP contribution in [0, 0.1) is 13.8 Å². The molecule has 0 saturated heterocycles. The first-order valence-corrected chi connectivity index (χ1v) is 6.54. The molecular weight excluding hydrogens is 292 g/mol. The van der Waals surface area contributed by atoms with Crippen molar-refractivity contribution < 1.29 is 9.84 Å². The molecule has 0 aromatic heterocycles. The van der Waals surface area contributed by atoms with E-state index < -0.39 is 0 Å². The number of benzene rings is 2. The number of halogens is 1. The van der Waals surface area contributed by atoms with E-state index in [2.05, 4.69) is 15.9 Å². The van der Waals surface area contributed by atoms with Gasteiger partial charge in [0.2, 0.25) is 0 Å². The predicted octanol–water partition coefficient (Wildman–Crippen LogP) is 4.35. The Balaban J connectivity index is 2.42. The largest absolute Gasteiger partial charge is 0.456 e. The zero-order valence-electron chi connectivity index (χ0n) is 10.4. The first-order chi connectivity index (χ1) is 8.61. The number of para-hydroxylation sites is 1. The van der Waals surface area contributed by atoms with Gasteiger partial charge in [-0.25, -0.2) is 0 Å². The molecule has 2 aromatic carbocycles. The van der Waals surface area contributed by atoms with Crippen LogP contribution in [-0.2, 0) is 6.61 Å². The summed E-state index contributed by atoms with van der Waals surface area (Å²) < 4.78 is 6.88.